The quantitative estimate of drug-likeness (QED) is 0.726. The monoisotopic (exact) mass is 257 g/mol. The summed E-state index contributed by atoms with van der Waals surface area (Å²) in [6, 6.07) is 0.701. The topological polar surface area (TPSA) is 44.8 Å². The van der Waals surface area contributed by atoms with Gasteiger partial charge < -0.3 is 19.9 Å². The summed E-state index contributed by atoms with van der Waals surface area (Å²) < 4.78 is 5.02. The van der Waals surface area contributed by atoms with E-state index < -0.39 is 0 Å². The number of carbonyl (C=O) groups excluding carboxylic acids is 1. The molecule has 5 nitrogen and oxygen atoms in total. The molecule has 1 aliphatic rings. The third-order valence-corrected chi connectivity index (χ3v) is 3.36. The van der Waals surface area contributed by atoms with Crippen LogP contribution in [0.2, 0.25) is 0 Å². The highest BCUT2D eigenvalue weighted by molar-refractivity contribution is 5.73. The lowest BCUT2D eigenvalue weighted by atomic mass is 10.1. The molecule has 0 aromatic rings. The normalized spacial score (nSPS) is 16.9. The Labute approximate surface area is 110 Å². The third kappa shape index (κ3) is 5.23. The maximum Gasteiger partial charge on any atom is 0.319 e. The Hall–Kier alpha value is -0.810. The third-order valence-electron chi connectivity index (χ3n) is 3.36. The molecular weight excluding hydrogens is 230 g/mol. The number of likely N-dealkylation sites (tertiary alicyclic amines) is 1. The van der Waals surface area contributed by atoms with Gasteiger partial charge in [0.15, 0.2) is 0 Å². The van der Waals surface area contributed by atoms with Crippen molar-refractivity contribution in [3.63, 3.8) is 0 Å². The van der Waals surface area contributed by atoms with Crippen LogP contribution in [0.15, 0.2) is 0 Å². The van der Waals surface area contributed by atoms with Crippen LogP contribution in [-0.4, -0.2) is 69.3 Å². The number of ether oxygens (including phenoxy) is 1. The van der Waals surface area contributed by atoms with Crippen molar-refractivity contribution in [2.45, 2.75) is 31.7 Å². The number of rotatable bonds is 6. The summed E-state index contributed by atoms with van der Waals surface area (Å²) in [5, 5.41) is 3.56. The second-order valence-electron chi connectivity index (χ2n) is 5.09. The lowest BCUT2D eigenvalue weighted by Gasteiger charge is -2.34. The average molecular weight is 257 g/mol. The Kier molecular flexibility index (Phi) is 7.05. The summed E-state index contributed by atoms with van der Waals surface area (Å²) in [7, 11) is 5.36. The molecule has 106 valence electrons. The Bertz CT molecular complexity index is 238. The van der Waals surface area contributed by atoms with Gasteiger partial charge in [0.2, 0.25) is 0 Å². The van der Waals surface area contributed by atoms with Gasteiger partial charge in [0.05, 0.1) is 0 Å². The number of piperidine rings is 1. The first kappa shape index (κ1) is 15.2. The Morgan fingerprint density at radius 2 is 2.00 bits per heavy atom. The molecule has 0 unspecified atom stereocenters. The first-order valence-electron chi connectivity index (χ1n) is 6.83. The highest BCUT2D eigenvalue weighted by atomic mass is 16.5. The molecule has 0 radical (unpaired) electrons. The van der Waals surface area contributed by atoms with E-state index in [0.717, 1.165) is 51.9 Å². The van der Waals surface area contributed by atoms with Gasteiger partial charge in [0.1, 0.15) is 0 Å². The number of hydrogen-bond acceptors (Lipinski definition) is 3. The van der Waals surface area contributed by atoms with Gasteiger partial charge in [-0.25, -0.2) is 4.79 Å². The van der Waals surface area contributed by atoms with Gasteiger partial charge >= 0.3 is 6.03 Å². The van der Waals surface area contributed by atoms with Crippen LogP contribution in [0.5, 0.6) is 0 Å². The lowest BCUT2D eigenvalue weighted by molar-refractivity contribution is 0.152. The molecule has 18 heavy (non-hydrogen) atoms. The summed E-state index contributed by atoms with van der Waals surface area (Å²) in [6.45, 7) is 3.63. The van der Waals surface area contributed by atoms with E-state index in [1.54, 1.807) is 12.0 Å². The standard InChI is InChI=1S/C13H27N3O2/c1-15(2)13(17)16-9-6-12(7-10-16)14-8-4-5-11-18-3/h12,14H,4-11H2,1-3H3. The van der Waals surface area contributed by atoms with E-state index in [4.69, 9.17) is 4.74 Å². The maximum atomic E-state index is 11.8. The molecule has 5 heteroatoms. The summed E-state index contributed by atoms with van der Waals surface area (Å²) in [5.74, 6) is 0. The van der Waals surface area contributed by atoms with Crippen molar-refractivity contribution in [2.75, 3.05) is 47.4 Å². The van der Waals surface area contributed by atoms with Gasteiger partial charge in [-0.05, 0) is 32.2 Å². The van der Waals surface area contributed by atoms with Gasteiger partial charge in [-0.3, -0.25) is 0 Å². The summed E-state index contributed by atoms with van der Waals surface area (Å²) >= 11 is 0. The van der Waals surface area contributed by atoms with Gasteiger partial charge in [-0.1, -0.05) is 0 Å². The van der Waals surface area contributed by atoms with Crippen LogP contribution in [0.1, 0.15) is 25.7 Å². The highest BCUT2D eigenvalue weighted by Crippen LogP contribution is 2.11. The summed E-state index contributed by atoms with van der Waals surface area (Å²) in [4.78, 5) is 15.3. The van der Waals surface area contributed by atoms with Gasteiger partial charge in [-0.15, -0.1) is 0 Å². The number of hydrogen-bond donors (Lipinski definition) is 1. The van der Waals surface area contributed by atoms with E-state index in [1.165, 1.54) is 0 Å². The van der Waals surface area contributed by atoms with Crippen molar-refractivity contribution in [1.29, 1.82) is 0 Å². The molecule has 1 N–H and O–H groups in total. The van der Waals surface area contributed by atoms with Crippen molar-refractivity contribution in [3.8, 4) is 0 Å². The molecule has 1 rings (SSSR count). The Morgan fingerprint density at radius 3 is 2.56 bits per heavy atom. The highest BCUT2D eigenvalue weighted by Gasteiger charge is 2.22. The fourth-order valence-corrected chi connectivity index (χ4v) is 2.24. The molecule has 1 saturated heterocycles. The number of amides is 2. The van der Waals surface area contributed by atoms with Crippen LogP contribution < -0.4 is 5.32 Å². The first-order chi connectivity index (χ1) is 8.65. The van der Waals surface area contributed by atoms with Crippen molar-refractivity contribution < 1.29 is 9.53 Å². The maximum absolute atomic E-state index is 11.8. The second kappa shape index (κ2) is 8.32. The fourth-order valence-electron chi connectivity index (χ4n) is 2.24. The number of urea groups is 1. The average Bonchev–Trinajstić information content (AvgIpc) is 2.38. The molecule has 0 atom stereocenters. The minimum Gasteiger partial charge on any atom is -0.385 e. The molecule has 1 heterocycles. The molecule has 1 aliphatic heterocycles. The smallest absolute Gasteiger partial charge is 0.319 e. The minimum atomic E-state index is 0.133. The summed E-state index contributed by atoms with van der Waals surface area (Å²) in [5.41, 5.74) is 0. The van der Waals surface area contributed by atoms with E-state index in [-0.39, 0.29) is 6.03 Å². The van der Waals surface area contributed by atoms with Crippen LogP contribution in [0.4, 0.5) is 4.79 Å². The van der Waals surface area contributed by atoms with Gasteiger partial charge in [0, 0.05) is 46.9 Å². The zero-order valence-corrected chi connectivity index (χ0v) is 11.9. The SMILES string of the molecule is COCCCCNC1CCN(C(=O)N(C)C)CC1. The van der Waals surface area contributed by atoms with Crippen LogP contribution in [-0.2, 0) is 4.74 Å². The van der Waals surface area contributed by atoms with Crippen molar-refractivity contribution >= 4 is 6.03 Å². The van der Waals surface area contributed by atoms with Gasteiger partial charge in [0.25, 0.3) is 0 Å². The van der Waals surface area contributed by atoms with E-state index in [0.29, 0.717) is 6.04 Å². The number of unbranched alkanes of at least 4 members (excludes halogenated alkanes) is 1. The van der Waals surface area contributed by atoms with E-state index in [1.807, 2.05) is 19.0 Å². The molecule has 0 bridgehead atoms. The molecule has 0 aliphatic carbocycles. The van der Waals surface area contributed by atoms with Crippen LogP contribution in [0.25, 0.3) is 0 Å². The second-order valence-corrected chi connectivity index (χ2v) is 5.09. The number of carbonyl (C=O) groups is 1. The van der Waals surface area contributed by atoms with Crippen LogP contribution >= 0.6 is 0 Å². The number of nitrogens with one attached hydrogen (secondary N) is 1. The molecule has 0 aromatic carbocycles. The van der Waals surface area contributed by atoms with Crippen molar-refractivity contribution in [3.05, 3.63) is 0 Å². The Morgan fingerprint density at radius 1 is 1.33 bits per heavy atom. The Balaban J connectivity index is 2.10. The minimum absolute atomic E-state index is 0.133. The zero-order valence-electron chi connectivity index (χ0n) is 11.9. The predicted molar refractivity (Wildman–Crippen MR) is 72.8 cm³/mol. The molecule has 0 spiro atoms. The first-order valence-corrected chi connectivity index (χ1v) is 6.83. The molecule has 1 fully saturated rings. The zero-order chi connectivity index (χ0) is 13.4. The van der Waals surface area contributed by atoms with E-state index in [9.17, 15) is 4.79 Å². The van der Waals surface area contributed by atoms with E-state index in [2.05, 4.69) is 5.32 Å². The predicted octanol–water partition coefficient (Wildman–Crippen LogP) is 1.15. The van der Waals surface area contributed by atoms with Crippen LogP contribution in [0, 0.1) is 0 Å². The van der Waals surface area contributed by atoms with Crippen molar-refractivity contribution in [2.24, 2.45) is 0 Å². The molecular formula is C13H27N3O2. The molecule has 0 saturated carbocycles. The number of methoxy groups -OCH3 is 1. The lowest BCUT2D eigenvalue weighted by Crippen LogP contribution is -2.48. The molecule has 2 amide bonds. The number of nitrogens with zero attached hydrogens (tertiary/aromatic N) is 2. The van der Waals surface area contributed by atoms with Crippen LogP contribution in [0.3, 0.4) is 0 Å². The van der Waals surface area contributed by atoms with E-state index >= 15 is 0 Å². The summed E-state index contributed by atoms with van der Waals surface area (Å²) in [6.07, 6.45) is 4.39. The largest absolute Gasteiger partial charge is 0.385 e. The molecule has 0 aromatic heterocycles. The fraction of sp³-hybridized carbons (Fsp3) is 0.923. The van der Waals surface area contributed by atoms with Gasteiger partial charge in [-0.2, -0.15) is 0 Å². The van der Waals surface area contributed by atoms with Crippen molar-refractivity contribution in [1.82, 2.24) is 15.1 Å².